The Bertz CT molecular complexity index is 370. The maximum atomic E-state index is 5.39. The van der Waals surface area contributed by atoms with E-state index in [1.165, 1.54) is 0 Å². The van der Waals surface area contributed by atoms with Crippen molar-refractivity contribution in [1.29, 1.82) is 0 Å². The summed E-state index contributed by atoms with van der Waals surface area (Å²) >= 11 is 0. The fourth-order valence-electron chi connectivity index (χ4n) is 2.25. The molecule has 1 aliphatic heterocycles. The van der Waals surface area contributed by atoms with Gasteiger partial charge in [-0.3, -0.25) is 9.58 Å². The number of hydrogen-bond donors (Lipinski definition) is 1. The van der Waals surface area contributed by atoms with Crippen molar-refractivity contribution in [2.75, 3.05) is 32.8 Å². The molecular formula is C12H23N5O. The number of hydrogen-bond acceptors (Lipinski definition) is 5. The van der Waals surface area contributed by atoms with E-state index in [1.807, 2.05) is 7.05 Å². The second kappa shape index (κ2) is 5.77. The highest BCUT2D eigenvalue weighted by molar-refractivity contribution is 4.93. The Labute approximate surface area is 108 Å². The number of ether oxygens (including phenoxy) is 1. The number of nitrogens with zero attached hydrogens (tertiary/aromatic N) is 4. The van der Waals surface area contributed by atoms with E-state index in [9.17, 15) is 0 Å². The topological polar surface area (TPSA) is 55.2 Å². The van der Waals surface area contributed by atoms with Crippen molar-refractivity contribution in [2.24, 2.45) is 7.05 Å². The van der Waals surface area contributed by atoms with Gasteiger partial charge in [-0.1, -0.05) is 5.21 Å². The molecule has 18 heavy (non-hydrogen) atoms. The van der Waals surface area contributed by atoms with E-state index in [4.69, 9.17) is 4.74 Å². The maximum absolute atomic E-state index is 5.39. The number of aryl methyl sites for hydroxylation is 1. The lowest BCUT2D eigenvalue weighted by atomic mass is 10.0. The standard InChI is InChI=1S/C12H23N5O/c1-12(2,17-4-6-18-7-5-17)10-13-8-11-9-14-15-16(11)3/h9,13H,4-8,10H2,1-3H3. The fourth-order valence-corrected chi connectivity index (χ4v) is 2.25. The summed E-state index contributed by atoms with van der Waals surface area (Å²) in [5.41, 5.74) is 1.25. The van der Waals surface area contributed by atoms with Crippen LogP contribution in [0.2, 0.25) is 0 Å². The summed E-state index contributed by atoms with van der Waals surface area (Å²) in [5, 5.41) is 11.3. The summed E-state index contributed by atoms with van der Waals surface area (Å²) in [7, 11) is 1.91. The highest BCUT2D eigenvalue weighted by Crippen LogP contribution is 2.15. The van der Waals surface area contributed by atoms with Crippen molar-refractivity contribution < 1.29 is 4.74 Å². The van der Waals surface area contributed by atoms with Crippen LogP contribution in [0.3, 0.4) is 0 Å². The zero-order valence-electron chi connectivity index (χ0n) is 11.5. The molecule has 6 heteroatoms. The van der Waals surface area contributed by atoms with E-state index in [-0.39, 0.29) is 5.54 Å². The van der Waals surface area contributed by atoms with Gasteiger partial charge in [0.05, 0.1) is 25.1 Å². The minimum absolute atomic E-state index is 0.149. The first-order valence-corrected chi connectivity index (χ1v) is 6.47. The molecule has 6 nitrogen and oxygen atoms in total. The molecule has 1 aliphatic rings. The van der Waals surface area contributed by atoms with Gasteiger partial charge >= 0.3 is 0 Å². The Morgan fingerprint density at radius 2 is 2.11 bits per heavy atom. The van der Waals surface area contributed by atoms with Gasteiger partial charge in [0.25, 0.3) is 0 Å². The average molecular weight is 253 g/mol. The molecule has 0 amide bonds. The summed E-state index contributed by atoms with van der Waals surface area (Å²) in [6.45, 7) is 10.0. The summed E-state index contributed by atoms with van der Waals surface area (Å²) in [4.78, 5) is 2.48. The summed E-state index contributed by atoms with van der Waals surface area (Å²) in [6, 6.07) is 0. The molecule has 1 saturated heterocycles. The molecule has 0 aliphatic carbocycles. The highest BCUT2D eigenvalue weighted by atomic mass is 16.5. The Kier molecular flexibility index (Phi) is 4.31. The van der Waals surface area contributed by atoms with Gasteiger partial charge in [0.1, 0.15) is 0 Å². The number of aromatic nitrogens is 3. The molecule has 1 aromatic heterocycles. The molecule has 1 fully saturated rings. The molecule has 0 radical (unpaired) electrons. The quantitative estimate of drug-likeness (QED) is 0.801. The largest absolute Gasteiger partial charge is 0.379 e. The number of rotatable bonds is 5. The lowest BCUT2D eigenvalue weighted by molar-refractivity contribution is -0.00970. The van der Waals surface area contributed by atoms with Gasteiger partial charge in [-0.15, -0.1) is 5.10 Å². The van der Waals surface area contributed by atoms with E-state index < -0.39 is 0 Å². The van der Waals surface area contributed by atoms with Gasteiger partial charge in [-0.2, -0.15) is 0 Å². The van der Waals surface area contributed by atoms with Crippen LogP contribution in [0.15, 0.2) is 6.20 Å². The molecule has 0 atom stereocenters. The van der Waals surface area contributed by atoms with Crippen molar-refractivity contribution in [1.82, 2.24) is 25.2 Å². The predicted octanol–water partition coefficient (Wildman–Crippen LogP) is 0.0155. The molecular weight excluding hydrogens is 230 g/mol. The lowest BCUT2D eigenvalue weighted by Gasteiger charge is -2.41. The first-order chi connectivity index (χ1) is 8.59. The summed E-state index contributed by atoms with van der Waals surface area (Å²) in [6.07, 6.45) is 1.80. The number of morpholine rings is 1. The Morgan fingerprint density at radius 3 is 2.72 bits per heavy atom. The summed E-state index contributed by atoms with van der Waals surface area (Å²) < 4.78 is 7.19. The zero-order valence-corrected chi connectivity index (χ0v) is 11.5. The van der Waals surface area contributed by atoms with Crippen LogP contribution in [-0.2, 0) is 18.3 Å². The Hall–Kier alpha value is -0.980. The van der Waals surface area contributed by atoms with Crippen LogP contribution >= 0.6 is 0 Å². The SMILES string of the molecule is Cn1nncc1CNCC(C)(C)N1CCOCC1. The molecule has 0 aromatic carbocycles. The molecule has 2 heterocycles. The molecule has 102 valence electrons. The van der Waals surface area contributed by atoms with E-state index in [0.29, 0.717) is 0 Å². The molecule has 0 bridgehead atoms. The van der Waals surface area contributed by atoms with Crippen LogP contribution < -0.4 is 5.32 Å². The first-order valence-electron chi connectivity index (χ1n) is 6.47. The third-order valence-electron chi connectivity index (χ3n) is 3.54. The highest BCUT2D eigenvalue weighted by Gasteiger charge is 2.27. The third kappa shape index (κ3) is 3.28. The van der Waals surface area contributed by atoms with Crippen LogP contribution in [-0.4, -0.2) is 58.3 Å². The van der Waals surface area contributed by atoms with Crippen LogP contribution in [0, 0.1) is 0 Å². The van der Waals surface area contributed by atoms with E-state index >= 15 is 0 Å². The molecule has 1 aromatic rings. The van der Waals surface area contributed by atoms with Gasteiger partial charge in [-0.25, -0.2) is 0 Å². The molecule has 0 spiro atoms. The van der Waals surface area contributed by atoms with Gasteiger partial charge in [0.15, 0.2) is 0 Å². The smallest absolute Gasteiger partial charge is 0.0738 e. The third-order valence-corrected chi connectivity index (χ3v) is 3.54. The Morgan fingerprint density at radius 1 is 1.39 bits per heavy atom. The zero-order chi connectivity index (χ0) is 13.0. The summed E-state index contributed by atoms with van der Waals surface area (Å²) in [5.74, 6) is 0. The second-order valence-electron chi connectivity index (χ2n) is 5.36. The second-order valence-corrected chi connectivity index (χ2v) is 5.36. The average Bonchev–Trinajstić information content (AvgIpc) is 2.76. The minimum atomic E-state index is 0.149. The van der Waals surface area contributed by atoms with Gasteiger partial charge in [0.2, 0.25) is 0 Å². The van der Waals surface area contributed by atoms with Crippen molar-refractivity contribution in [3.63, 3.8) is 0 Å². The van der Waals surface area contributed by atoms with Crippen LogP contribution in [0.25, 0.3) is 0 Å². The van der Waals surface area contributed by atoms with E-state index in [0.717, 1.165) is 45.1 Å². The normalized spacial score (nSPS) is 18.2. The van der Waals surface area contributed by atoms with Gasteiger partial charge in [0, 0.05) is 38.8 Å². The van der Waals surface area contributed by atoms with Gasteiger partial charge < -0.3 is 10.1 Å². The van der Waals surface area contributed by atoms with Crippen molar-refractivity contribution in [3.8, 4) is 0 Å². The lowest BCUT2D eigenvalue weighted by Crippen LogP contribution is -2.54. The van der Waals surface area contributed by atoms with Crippen LogP contribution in [0.4, 0.5) is 0 Å². The van der Waals surface area contributed by atoms with Crippen molar-refractivity contribution >= 4 is 0 Å². The van der Waals surface area contributed by atoms with Crippen molar-refractivity contribution in [3.05, 3.63) is 11.9 Å². The van der Waals surface area contributed by atoms with Crippen molar-refractivity contribution in [2.45, 2.75) is 25.9 Å². The first kappa shape index (κ1) is 13.5. The minimum Gasteiger partial charge on any atom is -0.379 e. The molecule has 0 saturated carbocycles. The fraction of sp³-hybridized carbons (Fsp3) is 0.833. The van der Waals surface area contributed by atoms with Crippen LogP contribution in [0.5, 0.6) is 0 Å². The monoisotopic (exact) mass is 253 g/mol. The van der Waals surface area contributed by atoms with Gasteiger partial charge in [-0.05, 0) is 13.8 Å². The van der Waals surface area contributed by atoms with Crippen LogP contribution in [0.1, 0.15) is 19.5 Å². The Balaban J connectivity index is 1.79. The molecule has 1 N–H and O–H groups in total. The molecule has 0 unspecified atom stereocenters. The van der Waals surface area contributed by atoms with E-state index in [2.05, 4.69) is 34.4 Å². The maximum Gasteiger partial charge on any atom is 0.0738 e. The predicted molar refractivity (Wildman–Crippen MR) is 69.2 cm³/mol. The van der Waals surface area contributed by atoms with E-state index in [1.54, 1.807) is 10.9 Å². The number of nitrogens with one attached hydrogen (secondary N) is 1. The molecule has 2 rings (SSSR count).